The van der Waals surface area contributed by atoms with Gasteiger partial charge >= 0.3 is 5.97 Å². The van der Waals surface area contributed by atoms with Gasteiger partial charge in [-0.05, 0) is 37.0 Å². The minimum Gasteiger partial charge on any atom is -0.481 e. The highest BCUT2D eigenvalue weighted by Crippen LogP contribution is 2.49. The molecule has 0 aromatic rings. The standard InChI is InChI=1S/C15H21NO3/c1-9-4-6-16(7-5-9)14(17)12-10-2-3-11(8-10)13(12)15(18)19/h2-3,9-13H,4-8H2,1H3,(H,18,19)/t10-,11+,12+,13+/m1/s1. The molecular weight excluding hydrogens is 242 g/mol. The molecule has 4 atom stereocenters. The predicted octanol–water partition coefficient (Wildman–Crippen LogP) is 1.77. The Bertz CT molecular complexity index is 423. The van der Waals surface area contributed by atoms with Gasteiger partial charge in [0, 0.05) is 13.1 Å². The number of carboxylic acid groups (broad SMARTS) is 1. The number of piperidine rings is 1. The van der Waals surface area contributed by atoms with E-state index in [0.29, 0.717) is 5.92 Å². The Balaban J connectivity index is 1.75. The highest BCUT2D eigenvalue weighted by atomic mass is 16.4. The van der Waals surface area contributed by atoms with Crippen LogP contribution in [0, 0.1) is 29.6 Å². The molecule has 2 bridgehead atoms. The number of carboxylic acids is 1. The predicted molar refractivity (Wildman–Crippen MR) is 70.3 cm³/mol. The minimum atomic E-state index is -0.805. The average Bonchev–Trinajstić information content (AvgIpc) is 2.98. The molecule has 3 aliphatic rings. The fraction of sp³-hybridized carbons (Fsp3) is 0.733. The molecule has 2 aliphatic carbocycles. The quantitative estimate of drug-likeness (QED) is 0.772. The highest BCUT2D eigenvalue weighted by molar-refractivity contribution is 5.87. The van der Waals surface area contributed by atoms with Gasteiger partial charge in [0.15, 0.2) is 0 Å². The maximum atomic E-state index is 12.6. The number of fused-ring (bicyclic) bond motifs is 2. The molecule has 104 valence electrons. The van der Waals surface area contributed by atoms with E-state index < -0.39 is 11.9 Å². The molecule has 1 N–H and O–H groups in total. The highest BCUT2D eigenvalue weighted by Gasteiger charge is 2.52. The van der Waals surface area contributed by atoms with Gasteiger partial charge in [0.25, 0.3) is 0 Å². The van der Waals surface area contributed by atoms with Gasteiger partial charge in [0.05, 0.1) is 11.8 Å². The van der Waals surface area contributed by atoms with Crippen LogP contribution in [0.5, 0.6) is 0 Å². The molecule has 1 saturated carbocycles. The zero-order chi connectivity index (χ0) is 13.6. The zero-order valence-electron chi connectivity index (χ0n) is 11.3. The summed E-state index contributed by atoms with van der Waals surface area (Å²) in [5, 5.41) is 9.39. The van der Waals surface area contributed by atoms with Crippen molar-refractivity contribution in [3.8, 4) is 0 Å². The monoisotopic (exact) mass is 263 g/mol. The van der Waals surface area contributed by atoms with Crippen LogP contribution >= 0.6 is 0 Å². The number of hydrogen-bond donors (Lipinski definition) is 1. The fourth-order valence-electron chi connectivity index (χ4n) is 3.94. The Morgan fingerprint density at radius 1 is 1.11 bits per heavy atom. The Labute approximate surface area is 113 Å². The summed E-state index contributed by atoms with van der Waals surface area (Å²) in [4.78, 5) is 26.0. The fourth-order valence-corrected chi connectivity index (χ4v) is 3.94. The van der Waals surface area contributed by atoms with Gasteiger partial charge < -0.3 is 10.0 Å². The Hall–Kier alpha value is -1.32. The molecule has 1 aliphatic heterocycles. The molecule has 19 heavy (non-hydrogen) atoms. The van der Waals surface area contributed by atoms with E-state index >= 15 is 0 Å². The Morgan fingerprint density at radius 3 is 2.26 bits per heavy atom. The van der Waals surface area contributed by atoms with Crippen LogP contribution in [0.1, 0.15) is 26.2 Å². The van der Waals surface area contributed by atoms with Crippen molar-refractivity contribution in [3.05, 3.63) is 12.2 Å². The van der Waals surface area contributed by atoms with Gasteiger partial charge in [-0.3, -0.25) is 9.59 Å². The van der Waals surface area contributed by atoms with Gasteiger partial charge in [-0.2, -0.15) is 0 Å². The van der Waals surface area contributed by atoms with Crippen molar-refractivity contribution < 1.29 is 14.7 Å². The van der Waals surface area contributed by atoms with Crippen LogP contribution in [-0.2, 0) is 9.59 Å². The minimum absolute atomic E-state index is 0.0696. The van der Waals surface area contributed by atoms with E-state index in [2.05, 4.69) is 13.0 Å². The normalized spacial score (nSPS) is 37.8. The van der Waals surface area contributed by atoms with Crippen LogP contribution in [0.3, 0.4) is 0 Å². The van der Waals surface area contributed by atoms with Gasteiger partial charge in [0.2, 0.25) is 5.91 Å². The molecule has 1 amide bonds. The first-order chi connectivity index (χ1) is 9.08. The van der Waals surface area contributed by atoms with Crippen LogP contribution in [0.2, 0.25) is 0 Å². The summed E-state index contributed by atoms with van der Waals surface area (Å²) in [5.41, 5.74) is 0. The molecule has 2 fully saturated rings. The van der Waals surface area contributed by atoms with E-state index in [1.54, 1.807) is 0 Å². The molecule has 0 unspecified atom stereocenters. The van der Waals surface area contributed by atoms with Crippen molar-refractivity contribution in [3.63, 3.8) is 0 Å². The van der Waals surface area contributed by atoms with Gasteiger partial charge in [0.1, 0.15) is 0 Å². The van der Waals surface area contributed by atoms with E-state index in [0.717, 1.165) is 32.4 Å². The van der Waals surface area contributed by atoms with Crippen molar-refractivity contribution in [2.75, 3.05) is 13.1 Å². The largest absolute Gasteiger partial charge is 0.481 e. The third-order valence-corrected chi connectivity index (χ3v) is 5.12. The summed E-state index contributed by atoms with van der Waals surface area (Å²) in [6.45, 7) is 3.80. The zero-order valence-corrected chi connectivity index (χ0v) is 11.3. The Kier molecular flexibility index (Phi) is 3.11. The SMILES string of the molecule is CC1CCN(C(=O)[C@@H]2[C@@H](C(=O)O)[C@H]3C=C[C@@H]2C3)CC1. The van der Waals surface area contributed by atoms with E-state index in [9.17, 15) is 14.7 Å². The van der Waals surface area contributed by atoms with Gasteiger partial charge in [-0.1, -0.05) is 19.1 Å². The van der Waals surface area contributed by atoms with Crippen molar-refractivity contribution in [1.82, 2.24) is 4.90 Å². The summed E-state index contributed by atoms with van der Waals surface area (Å²) in [5.74, 6) is -0.642. The maximum Gasteiger partial charge on any atom is 0.307 e. The third-order valence-electron chi connectivity index (χ3n) is 5.12. The number of rotatable bonds is 2. The molecule has 0 spiro atoms. The lowest BCUT2D eigenvalue weighted by Crippen LogP contribution is -2.45. The topological polar surface area (TPSA) is 57.6 Å². The molecule has 0 aromatic carbocycles. The maximum absolute atomic E-state index is 12.6. The second-order valence-corrected chi connectivity index (χ2v) is 6.35. The number of amides is 1. The molecule has 1 heterocycles. The van der Waals surface area contributed by atoms with Crippen molar-refractivity contribution >= 4 is 11.9 Å². The second-order valence-electron chi connectivity index (χ2n) is 6.35. The summed E-state index contributed by atoms with van der Waals surface area (Å²) in [6, 6.07) is 0. The van der Waals surface area contributed by atoms with Crippen molar-refractivity contribution in [2.24, 2.45) is 29.6 Å². The molecule has 4 nitrogen and oxygen atoms in total. The summed E-state index contributed by atoms with van der Waals surface area (Å²) in [7, 11) is 0. The van der Waals surface area contributed by atoms with Crippen molar-refractivity contribution in [2.45, 2.75) is 26.2 Å². The lowest BCUT2D eigenvalue weighted by molar-refractivity contribution is -0.151. The molecule has 4 heteroatoms. The molecular formula is C15H21NO3. The van der Waals surface area contributed by atoms with E-state index in [-0.39, 0.29) is 23.7 Å². The smallest absolute Gasteiger partial charge is 0.307 e. The molecule has 0 aromatic heterocycles. The van der Waals surface area contributed by atoms with E-state index in [4.69, 9.17) is 0 Å². The van der Waals surface area contributed by atoms with Crippen LogP contribution < -0.4 is 0 Å². The Morgan fingerprint density at radius 2 is 1.68 bits per heavy atom. The second kappa shape index (κ2) is 4.66. The van der Waals surface area contributed by atoms with Gasteiger partial charge in [-0.25, -0.2) is 0 Å². The number of allylic oxidation sites excluding steroid dienone is 2. The number of nitrogens with zero attached hydrogens (tertiary/aromatic N) is 1. The summed E-state index contributed by atoms with van der Waals surface area (Å²) < 4.78 is 0. The lowest BCUT2D eigenvalue weighted by atomic mass is 9.81. The molecule has 0 radical (unpaired) electrons. The van der Waals surface area contributed by atoms with Crippen LogP contribution in [0.25, 0.3) is 0 Å². The van der Waals surface area contributed by atoms with Crippen LogP contribution in [-0.4, -0.2) is 35.0 Å². The van der Waals surface area contributed by atoms with Crippen LogP contribution in [0.4, 0.5) is 0 Å². The number of carbonyl (C=O) groups is 2. The molecule has 3 rings (SSSR count). The number of aliphatic carboxylic acids is 1. The number of carbonyl (C=O) groups excluding carboxylic acids is 1. The third kappa shape index (κ3) is 2.07. The van der Waals surface area contributed by atoms with E-state index in [1.807, 2.05) is 11.0 Å². The summed E-state index contributed by atoms with van der Waals surface area (Å²) in [6.07, 6.45) is 6.97. The lowest BCUT2D eigenvalue weighted by Gasteiger charge is -2.35. The first-order valence-electron chi connectivity index (χ1n) is 7.28. The first kappa shape index (κ1) is 12.7. The van der Waals surface area contributed by atoms with Crippen LogP contribution in [0.15, 0.2) is 12.2 Å². The molecule has 1 saturated heterocycles. The number of hydrogen-bond acceptors (Lipinski definition) is 2. The van der Waals surface area contributed by atoms with Gasteiger partial charge in [-0.15, -0.1) is 0 Å². The number of likely N-dealkylation sites (tertiary alicyclic amines) is 1. The summed E-state index contributed by atoms with van der Waals surface area (Å²) >= 11 is 0. The van der Waals surface area contributed by atoms with Crippen molar-refractivity contribution in [1.29, 1.82) is 0 Å². The average molecular weight is 263 g/mol. The van der Waals surface area contributed by atoms with E-state index in [1.165, 1.54) is 0 Å². The first-order valence-corrected chi connectivity index (χ1v) is 7.28.